The maximum atomic E-state index is 13.2. The van der Waals surface area contributed by atoms with E-state index in [4.69, 9.17) is 0 Å². The van der Waals surface area contributed by atoms with Crippen LogP contribution in [0.3, 0.4) is 0 Å². The molecule has 1 N–H and O–H groups in total. The number of fused-ring (bicyclic) bond motifs is 1. The SMILES string of the molecule is Cc1ccccc1[C@@H](NS(=O)(=O)c1ccc2c(c1)sc(=O)n2C)c1ccccc1. The highest BCUT2D eigenvalue weighted by atomic mass is 32.2. The molecule has 1 aromatic heterocycles. The summed E-state index contributed by atoms with van der Waals surface area (Å²) in [6.07, 6.45) is 0. The van der Waals surface area contributed by atoms with Gasteiger partial charge in [-0.1, -0.05) is 65.9 Å². The second-order valence-corrected chi connectivity index (χ2v) is 9.59. The Morgan fingerprint density at radius 2 is 1.66 bits per heavy atom. The summed E-state index contributed by atoms with van der Waals surface area (Å²) in [4.78, 5) is 11.9. The number of thiazole rings is 1. The fourth-order valence-electron chi connectivity index (χ4n) is 3.37. The lowest BCUT2D eigenvalue weighted by Crippen LogP contribution is -2.30. The average molecular weight is 425 g/mol. The fourth-order valence-corrected chi connectivity index (χ4v) is 5.59. The van der Waals surface area contributed by atoms with Crippen molar-refractivity contribution in [2.45, 2.75) is 17.9 Å². The van der Waals surface area contributed by atoms with Crippen molar-refractivity contribution in [3.05, 3.63) is 99.2 Å². The molecule has 29 heavy (non-hydrogen) atoms. The Bertz CT molecular complexity index is 1340. The van der Waals surface area contributed by atoms with E-state index in [0.717, 1.165) is 33.5 Å². The minimum Gasteiger partial charge on any atom is -0.302 e. The number of nitrogens with zero attached hydrogens (tertiary/aromatic N) is 1. The van der Waals surface area contributed by atoms with Gasteiger partial charge in [0.15, 0.2) is 0 Å². The van der Waals surface area contributed by atoms with Gasteiger partial charge in [0.05, 0.1) is 21.2 Å². The Labute approximate surface area is 173 Å². The zero-order chi connectivity index (χ0) is 20.6. The first-order chi connectivity index (χ1) is 13.9. The van der Waals surface area contributed by atoms with Crippen LogP contribution in [-0.4, -0.2) is 13.0 Å². The van der Waals surface area contributed by atoms with Gasteiger partial charge in [-0.05, 0) is 41.8 Å². The van der Waals surface area contributed by atoms with Crippen molar-refractivity contribution >= 4 is 31.6 Å². The Hall–Kier alpha value is -2.74. The van der Waals surface area contributed by atoms with Crippen LogP contribution in [0.15, 0.2) is 82.5 Å². The molecule has 1 atom stereocenters. The summed E-state index contributed by atoms with van der Waals surface area (Å²) >= 11 is 1.04. The highest BCUT2D eigenvalue weighted by Gasteiger charge is 2.24. The predicted molar refractivity (Wildman–Crippen MR) is 117 cm³/mol. The molecule has 4 rings (SSSR count). The predicted octanol–water partition coefficient (Wildman–Crippen LogP) is 3.98. The third-order valence-corrected chi connectivity index (χ3v) is 7.40. The van der Waals surface area contributed by atoms with Crippen LogP contribution < -0.4 is 9.60 Å². The van der Waals surface area contributed by atoms with E-state index in [-0.39, 0.29) is 9.77 Å². The van der Waals surface area contributed by atoms with Crippen molar-refractivity contribution in [1.29, 1.82) is 0 Å². The van der Waals surface area contributed by atoms with Crippen LogP contribution in [0.2, 0.25) is 0 Å². The number of aromatic nitrogens is 1. The van der Waals surface area contributed by atoms with Crippen LogP contribution >= 0.6 is 11.3 Å². The lowest BCUT2D eigenvalue weighted by molar-refractivity contribution is 0.572. The third kappa shape index (κ3) is 3.76. The second kappa shape index (κ2) is 7.59. The van der Waals surface area contributed by atoms with E-state index < -0.39 is 16.1 Å². The minimum absolute atomic E-state index is 0.121. The van der Waals surface area contributed by atoms with Crippen LogP contribution in [0.25, 0.3) is 10.2 Å². The lowest BCUT2D eigenvalue weighted by atomic mass is 9.96. The molecule has 5 nitrogen and oxygen atoms in total. The summed E-state index contributed by atoms with van der Waals surface area (Å²) in [5.74, 6) is 0. The summed E-state index contributed by atoms with van der Waals surface area (Å²) in [6, 6.07) is 21.5. The zero-order valence-electron chi connectivity index (χ0n) is 16.0. The molecule has 0 aliphatic heterocycles. The van der Waals surface area contributed by atoms with Crippen molar-refractivity contribution in [3.63, 3.8) is 0 Å². The molecule has 3 aromatic carbocycles. The van der Waals surface area contributed by atoms with Crippen LogP contribution in [0.5, 0.6) is 0 Å². The van der Waals surface area contributed by atoms with E-state index in [1.807, 2.05) is 61.5 Å². The smallest absolute Gasteiger partial charge is 0.302 e. The number of sulfonamides is 1. The Kier molecular flexibility index (Phi) is 5.12. The molecule has 4 aromatic rings. The Morgan fingerprint density at radius 3 is 2.38 bits per heavy atom. The lowest BCUT2D eigenvalue weighted by Gasteiger charge is -2.21. The van der Waals surface area contributed by atoms with E-state index in [0.29, 0.717) is 4.70 Å². The average Bonchev–Trinajstić information content (AvgIpc) is 3.01. The molecule has 0 saturated carbocycles. The monoisotopic (exact) mass is 424 g/mol. The molecule has 1 heterocycles. The molecule has 0 unspecified atom stereocenters. The molecule has 0 radical (unpaired) electrons. The molecule has 0 bridgehead atoms. The van der Waals surface area contributed by atoms with Crippen molar-refractivity contribution < 1.29 is 8.42 Å². The number of hydrogen-bond donors (Lipinski definition) is 1. The molecular weight excluding hydrogens is 404 g/mol. The van der Waals surface area contributed by atoms with Gasteiger partial charge in [0.2, 0.25) is 10.0 Å². The van der Waals surface area contributed by atoms with Gasteiger partial charge in [0, 0.05) is 7.05 Å². The quantitative estimate of drug-likeness (QED) is 0.527. The van der Waals surface area contributed by atoms with E-state index in [1.165, 1.54) is 10.6 Å². The first-order valence-corrected chi connectivity index (χ1v) is 11.4. The second-order valence-electron chi connectivity index (χ2n) is 6.88. The maximum Gasteiger partial charge on any atom is 0.307 e. The largest absolute Gasteiger partial charge is 0.307 e. The Morgan fingerprint density at radius 1 is 0.966 bits per heavy atom. The first-order valence-electron chi connectivity index (χ1n) is 9.09. The summed E-state index contributed by atoms with van der Waals surface area (Å²) in [5, 5.41) is 0. The van der Waals surface area contributed by atoms with Crippen LogP contribution in [0.4, 0.5) is 0 Å². The highest BCUT2D eigenvalue weighted by molar-refractivity contribution is 7.89. The highest BCUT2D eigenvalue weighted by Crippen LogP contribution is 2.28. The van der Waals surface area contributed by atoms with E-state index >= 15 is 0 Å². The van der Waals surface area contributed by atoms with Gasteiger partial charge >= 0.3 is 4.87 Å². The minimum atomic E-state index is -3.82. The summed E-state index contributed by atoms with van der Waals surface area (Å²) in [7, 11) is -2.14. The number of nitrogens with one attached hydrogen (secondary N) is 1. The molecule has 7 heteroatoms. The molecule has 0 aliphatic carbocycles. The van der Waals surface area contributed by atoms with Crippen LogP contribution in [0, 0.1) is 6.92 Å². The maximum absolute atomic E-state index is 13.2. The van der Waals surface area contributed by atoms with Gasteiger partial charge in [-0.25, -0.2) is 8.42 Å². The molecule has 148 valence electrons. The molecule has 0 amide bonds. The van der Waals surface area contributed by atoms with Gasteiger partial charge in [-0.3, -0.25) is 4.79 Å². The van der Waals surface area contributed by atoms with Crippen molar-refractivity contribution in [1.82, 2.24) is 9.29 Å². The summed E-state index contributed by atoms with van der Waals surface area (Å²) < 4.78 is 31.5. The first kappa shape index (κ1) is 19.6. The molecule has 0 fully saturated rings. The van der Waals surface area contributed by atoms with Crippen molar-refractivity contribution in [2.75, 3.05) is 0 Å². The van der Waals surface area contributed by atoms with Gasteiger partial charge in [0.25, 0.3) is 0 Å². The number of hydrogen-bond acceptors (Lipinski definition) is 4. The standard InChI is InChI=1S/C22H20N2O3S2/c1-15-8-6-7-11-18(15)21(16-9-4-3-5-10-16)23-29(26,27)17-12-13-19-20(14-17)28-22(25)24(19)2/h3-14,21,23H,1-2H3/t21-/m0/s1. The van der Waals surface area contributed by atoms with Crippen molar-refractivity contribution in [2.24, 2.45) is 7.05 Å². The van der Waals surface area contributed by atoms with Crippen molar-refractivity contribution in [3.8, 4) is 0 Å². The topological polar surface area (TPSA) is 68.2 Å². The molecule has 0 aliphatic rings. The number of benzene rings is 3. The third-order valence-electron chi connectivity index (χ3n) is 4.98. The van der Waals surface area contributed by atoms with Gasteiger partial charge in [-0.15, -0.1) is 0 Å². The van der Waals surface area contributed by atoms with E-state index in [9.17, 15) is 13.2 Å². The van der Waals surface area contributed by atoms with E-state index in [2.05, 4.69) is 4.72 Å². The van der Waals surface area contributed by atoms with Gasteiger partial charge < -0.3 is 4.57 Å². The molecule has 0 spiro atoms. The summed E-state index contributed by atoms with van der Waals surface area (Å²) in [5.41, 5.74) is 3.47. The Balaban J connectivity index is 1.79. The molecular formula is C22H20N2O3S2. The zero-order valence-corrected chi connectivity index (χ0v) is 17.6. The van der Waals surface area contributed by atoms with E-state index in [1.54, 1.807) is 19.2 Å². The normalized spacial score (nSPS) is 12.9. The van der Waals surface area contributed by atoms with Gasteiger partial charge in [0.1, 0.15) is 0 Å². The number of rotatable bonds is 5. The number of aryl methyl sites for hydroxylation is 2. The fraction of sp³-hybridized carbons (Fsp3) is 0.136. The van der Waals surface area contributed by atoms with Gasteiger partial charge in [-0.2, -0.15) is 4.72 Å². The molecule has 0 saturated heterocycles. The summed E-state index contributed by atoms with van der Waals surface area (Å²) in [6.45, 7) is 1.97. The van der Waals surface area contributed by atoms with Crippen LogP contribution in [0.1, 0.15) is 22.7 Å². The van der Waals surface area contributed by atoms with Crippen LogP contribution in [-0.2, 0) is 17.1 Å².